The topological polar surface area (TPSA) is 79.9 Å². The van der Waals surface area contributed by atoms with Crippen LogP contribution in [0.4, 0.5) is 5.69 Å². The highest BCUT2D eigenvalue weighted by Crippen LogP contribution is 2.13. The van der Waals surface area contributed by atoms with Gasteiger partial charge < -0.3 is 4.90 Å². The number of nitrogens with one attached hydrogen (secondary N) is 2. The van der Waals surface area contributed by atoms with Crippen LogP contribution in [0.1, 0.15) is 5.56 Å². The van der Waals surface area contributed by atoms with E-state index in [1.807, 2.05) is 5.01 Å². The van der Waals surface area contributed by atoms with Crippen LogP contribution in [0.25, 0.3) is 6.08 Å². The molecule has 21 heavy (non-hydrogen) atoms. The summed E-state index contributed by atoms with van der Waals surface area (Å²) >= 11 is 0. The number of nitro groups is 1. The lowest BCUT2D eigenvalue weighted by Crippen LogP contribution is -3.12. The van der Waals surface area contributed by atoms with Crippen molar-refractivity contribution in [3.05, 3.63) is 46.0 Å². The first-order valence-electron chi connectivity index (χ1n) is 6.84. The molecule has 1 aliphatic heterocycles. The first-order chi connectivity index (χ1) is 10.0. The van der Waals surface area contributed by atoms with Gasteiger partial charge in [0.2, 0.25) is 0 Å². The Morgan fingerprint density at radius 2 is 2.14 bits per heavy atom. The number of hydrogen-bond acceptors (Lipinski definition) is 4. The number of benzene rings is 1. The Bertz CT molecular complexity index is 551. The van der Waals surface area contributed by atoms with Crippen LogP contribution in [0, 0.1) is 10.1 Å². The van der Waals surface area contributed by atoms with Gasteiger partial charge >= 0.3 is 0 Å². The summed E-state index contributed by atoms with van der Waals surface area (Å²) in [6, 6.07) is 6.17. The summed E-state index contributed by atoms with van der Waals surface area (Å²) in [6.45, 7) is 3.63. The number of piperazine rings is 1. The van der Waals surface area contributed by atoms with Crippen molar-refractivity contribution in [3.63, 3.8) is 0 Å². The normalized spacial score (nSPS) is 17.0. The molecule has 0 aliphatic carbocycles. The van der Waals surface area contributed by atoms with E-state index < -0.39 is 4.92 Å². The zero-order chi connectivity index (χ0) is 15.2. The first-order valence-corrected chi connectivity index (χ1v) is 6.84. The minimum absolute atomic E-state index is 0.0135. The van der Waals surface area contributed by atoms with Crippen LogP contribution >= 0.6 is 0 Å². The SMILES string of the molecule is C[NH+]1CCN(NC(=O)/C=C/c2cccc([N+](=O)[O-])c2)CC1. The fraction of sp³-hybridized carbons (Fsp3) is 0.357. The van der Waals surface area contributed by atoms with Gasteiger partial charge in [0.25, 0.3) is 11.6 Å². The van der Waals surface area contributed by atoms with Crippen molar-refractivity contribution in [1.29, 1.82) is 0 Å². The van der Waals surface area contributed by atoms with Crippen molar-refractivity contribution in [2.75, 3.05) is 33.2 Å². The molecule has 0 atom stereocenters. The monoisotopic (exact) mass is 291 g/mol. The van der Waals surface area contributed by atoms with E-state index in [1.54, 1.807) is 18.2 Å². The van der Waals surface area contributed by atoms with Crippen LogP contribution in [0.2, 0.25) is 0 Å². The molecular formula is C14H19N4O3+. The largest absolute Gasteiger partial charge is 0.335 e. The Labute approximate surface area is 123 Å². The number of hydrogen-bond donors (Lipinski definition) is 2. The summed E-state index contributed by atoms with van der Waals surface area (Å²) in [5.74, 6) is -0.221. The molecule has 1 heterocycles. The van der Waals surface area contributed by atoms with Gasteiger partial charge in [0.05, 0.1) is 38.2 Å². The third-order valence-corrected chi connectivity index (χ3v) is 3.39. The minimum Gasteiger partial charge on any atom is -0.335 e. The second-order valence-corrected chi connectivity index (χ2v) is 5.11. The number of rotatable bonds is 4. The highest BCUT2D eigenvalue weighted by Gasteiger charge is 2.17. The summed E-state index contributed by atoms with van der Waals surface area (Å²) < 4.78 is 0. The molecule has 0 radical (unpaired) electrons. The molecule has 1 aliphatic rings. The number of hydrazine groups is 1. The van der Waals surface area contributed by atoms with Crippen LogP contribution in [0.5, 0.6) is 0 Å². The lowest BCUT2D eigenvalue weighted by Gasteiger charge is -2.29. The zero-order valence-corrected chi connectivity index (χ0v) is 11.9. The number of carbonyl (C=O) groups is 1. The first kappa shape index (κ1) is 15.1. The van der Waals surface area contributed by atoms with Gasteiger partial charge in [-0.25, -0.2) is 5.01 Å². The molecule has 0 bridgehead atoms. The van der Waals surface area contributed by atoms with Crippen molar-refractivity contribution in [1.82, 2.24) is 10.4 Å². The maximum atomic E-state index is 11.8. The van der Waals surface area contributed by atoms with E-state index in [4.69, 9.17) is 0 Å². The Hall–Kier alpha value is -2.25. The molecular weight excluding hydrogens is 272 g/mol. The maximum absolute atomic E-state index is 11.8. The number of non-ortho nitro benzene ring substituents is 1. The lowest BCUT2D eigenvalue weighted by atomic mass is 10.2. The fourth-order valence-electron chi connectivity index (χ4n) is 2.11. The molecule has 2 N–H and O–H groups in total. The molecule has 0 aromatic heterocycles. The number of quaternary nitrogens is 1. The second kappa shape index (κ2) is 6.96. The average molecular weight is 291 g/mol. The summed E-state index contributed by atoms with van der Waals surface area (Å²) in [6.07, 6.45) is 2.97. The van der Waals surface area contributed by atoms with Gasteiger partial charge in [0, 0.05) is 18.2 Å². The van der Waals surface area contributed by atoms with Crippen LogP contribution in [0.3, 0.4) is 0 Å². The minimum atomic E-state index is -0.454. The highest BCUT2D eigenvalue weighted by molar-refractivity contribution is 5.91. The fourth-order valence-corrected chi connectivity index (χ4v) is 2.11. The van der Waals surface area contributed by atoms with Crippen molar-refractivity contribution >= 4 is 17.7 Å². The molecule has 1 saturated heterocycles. The lowest BCUT2D eigenvalue weighted by molar-refractivity contribution is -0.884. The van der Waals surface area contributed by atoms with Gasteiger partial charge in [-0.3, -0.25) is 20.3 Å². The highest BCUT2D eigenvalue weighted by atomic mass is 16.6. The molecule has 0 unspecified atom stereocenters. The van der Waals surface area contributed by atoms with Gasteiger partial charge in [0.1, 0.15) is 0 Å². The predicted octanol–water partition coefficient (Wildman–Crippen LogP) is -0.530. The average Bonchev–Trinajstić information content (AvgIpc) is 2.48. The van der Waals surface area contributed by atoms with Crippen LogP contribution in [-0.4, -0.2) is 49.1 Å². The van der Waals surface area contributed by atoms with E-state index in [-0.39, 0.29) is 11.6 Å². The van der Waals surface area contributed by atoms with E-state index in [0.29, 0.717) is 5.56 Å². The molecule has 1 amide bonds. The van der Waals surface area contributed by atoms with Gasteiger partial charge in [0.15, 0.2) is 0 Å². The van der Waals surface area contributed by atoms with Crippen molar-refractivity contribution in [2.45, 2.75) is 0 Å². The van der Waals surface area contributed by atoms with Crippen LogP contribution < -0.4 is 10.3 Å². The van der Waals surface area contributed by atoms with Crippen LogP contribution in [0.15, 0.2) is 30.3 Å². The summed E-state index contributed by atoms with van der Waals surface area (Å²) in [5, 5.41) is 12.6. The van der Waals surface area contributed by atoms with E-state index in [0.717, 1.165) is 26.2 Å². The predicted molar refractivity (Wildman–Crippen MR) is 78.5 cm³/mol. The Morgan fingerprint density at radius 3 is 2.81 bits per heavy atom. The summed E-state index contributed by atoms with van der Waals surface area (Å²) in [5.41, 5.74) is 3.45. The molecule has 112 valence electrons. The third kappa shape index (κ3) is 4.66. The van der Waals surface area contributed by atoms with E-state index >= 15 is 0 Å². The van der Waals surface area contributed by atoms with Crippen molar-refractivity contribution in [3.8, 4) is 0 Å². The van der Waals surface area contributed by atoms with Crippen molar-refractivity contribution in [2.24, 2.45) is 0 Å². The van der Waals surface area contributed by atoms with Crippen LogP contribution in [-0.2, 0) is 4.79 Å². The van der Waals surface area contributed by atoms with E-state index in [9.17, 15) is 14.9 Å². The molecule has 0 spiro atoms. The molecule has 1 fully saturated rings. The number of amides is 1. The van der Waals surface area contributed by atoms with E-state index in [1.165, 1.54) is 23.1 Å². The standard InChI is InChI=1S/C14H18N4O3/c1-16-7-9-17(10-8-16)15-14(19)6-5-12-3-2-4-13(11-12)18(20)21/h2-6,11H,7-10H2,1H3,(H,15,19)/p+1/b6-5+. The Balaban J connectivity index is 1.90. The Kier molecular flexibility index (Phi) is 5.02. The molecule has 1 aromatic rings. The molecule has 2 rings (SSSR count). The molecule has 7 nitrogen and oxygen atoms in total. The summed E-state index contributed by atoms with van der Waals surface area (Å²) in [7, 11) is 2.13. The Morgan fingerprint density at radius 1 is 1.43 bits per heavy atom. The summed E-state index contributed by atoms with van der Waals surface area (Å²) in [4.78, 5) is 23.5. The van der Waals surface area contributed by atoms with Crippen molar-refractivity contribution < 1.29 is 14.6 Å². The van der Waals surface area contributed by atoms with Gasteiger partial charge in [-0.1, -0.05) is 12.1 Å². The molecule has 0 saturated carbocycles. The quantitative estimate of drug-likeness (QED) is 0.444. The number of likely N-dealkylation sites (N-methyl/N-ethyl adjacent to an activating group) is 1. The number of nitrogens with zero attached hydrogens (tertiary/aromatic N) is 2. The zero-order valence-electron chi connectivity index (χ0n) is 11.9. The molecule has 7 heteroatoms. The van der Waals surface area contributed by atoms with Gasteiger partial charge in [-0.05, 0) is 11.6 Å². The number of carbonyl (C=O) groups excluding carboxylic acids is 1. The maximum Gasteiger partial charge on any atom is 0.270 e. The number of nitro benzene ring substituents is 1. The third-order valence-electron chi connectivity index (χ3n) is 3.39. The van der Waals surface area contributed by atoms with Gasteiger partial charge in [-0.15, -0.1) is 0 Å². The second-order valence-electron chi connectivity index (χ2n) is 5.11. The van der Waals surface area contributed by atoms with E-state index in [2.05, 4.69) is 12.5 Å². The molecule has 1 aromatic carbocycles. The smallest absolute Gasteiger partial charge is 0.270 e. The van der Waals surface area contributed by atoms with Gasteiger partial charge in [-0.2, -0.15) is 0 Å².